The second-order valence-electron chi connectivity index (χ2n) is 3.64. The highest BCUT2D eigenvalue weighted by Crippen LogP contribution is 2.44. The van der Waals surface area contributed by atoms with E-state index in [9.17, 15) is 4.79 Å². The minimum atomic E-state index is -0.742. The van der Waals surface area contributed by atoms with Crippen LogP contribution in [0.5, 0.6) is 0 Å². The molecule has 1 N–H and O–H groups in total. The summed E-state index contributed by atoms with van der Waals surface area (Å²) >= 11 is 0. The van der Waals surface area contributed by atoms with E-state index in [-0.39, 0.29) is 0 Å². The summed E-state index contributed by atoms with van der Waals surface area (Å²) in [5, 5.41) is 8.85. The summed E-state index contributed by atoms with van der Waals surface area (Å²) < 4.78 is 0. The van der Waals surface area contributed by atoms with Crippen molar-refractivity contribution in [2.45, 2.75) is 33.6 Å². The molecule has 2 nitrogen and oxygen atoms in total. The Morgan fingerprint density at radius 2 is 2.08 bits per heavy atom. The zero-order valence-electron chi connectivity index (χ0n) is 7.92. The third-order valence-electron chi connectivity index (χ3n) is 2.75. The van der Waals surface area contributed by atoms with E-state index in [1.54, 1.807) is 0 Å². The Balaban J connectivity index is 2.78. The van der Waals surface area contributed by atoms with Crippen LogP contribution >= 0.6 is 0 Å². The molecule has 2 unspecified atom stereocenters. The number of hydrogen-bond acceptors (Lipinski definition) is 1. The summed E-state index contributed by atoms with van der Waals surface area (Å²) in [5.41, 5.74) is 1.71. The third kappa shape index (κ3) is 1.68. The number of aliphatic carboxylic acids is 1. The van der Waals surface area contributed by atoms with Crippen LogP contribution in [-0.4, -0.2) is 11.1 Å². The van der Waals surface area contributed by atoms with E-state index in [1.807, 2.05) is 13.8 Å². The summed E-state index contributed by atoms with van der Waals surface area (Å²) in [4.78, 5) is 10.8. The predicted molar refractivity (Wildman–Crippen MR) is 47.9 cm³/mol. The van der Waals surface area contributed by atoms with Crippen LogP contribution in [0.1, 0.15) is 33.6 Å². The normalized spacial score (nSPS) is 29.6. The molecule has 1 aliphatic carbocycles. The summed E-state index contributed by atoms with van der Waals surface area (Å²) in [6.07, 6.45) is 1.81. The molecule has 0 aromatic carbocycles. The van der Waals surface area contributed by atoms with Gasteiger partial charge in [0.25, 0.3) is 0 Å². The highest BCUT2D eigenvalue weighted by molar-refractivity contribution is 5.87. The van der Waals surface area contributed by atoms with Gasteiger partial charge in [-0.05, 0) is 31.6 Å². The number of hydrogen-bond donors (Lipinski definition) is 1. The molecule has 12 heavy (non-hydrogen) atoms. The summed E-state index contributed by atoms with van der Waals surface area (Å²) in [6.45, 7) is 6.03. The molecular weight excluding hydrogens is 152 g/mol. The van der Waals surface area contributed by atoms with Crippen molar-refractivity contribution >= 4 is 5.97 Å². The van der Waals surface area contributed by atoms with E-state index in [0.717, 1.165) is 5.57 Å². The van der Waals surface area contributed by atoms with Crippen LogP contribution in [0.4, 0.5) is 0 Å². The van der Waals surface area contributed by atoms with Gasteiger partial charge < -0.3 is 5.11 Å². The van der Waals surface area contributed by atoms with E-state index in [0.29, 0.717) is 23.8 Å². The first-order valence-electron chi connectivity index (χ1n) is 4.50. The van der Waals surface area contributed by atoms with Crippen LogP contribution < -0.4 is 0 Å². The molecule has 2 atom stereocenters. The van der Waals surface area contributed by atoms with E-state index in [1.165, 1.54) is 6.42 Å². The van der Waals surface area contributed by atoms with Gasteiger partial charge in [-0.25, -0.2) is 4.79 Å². The zero-order chi connectivity index (χ0) is 9.30. The van der Waals surface area contributed by atoms with Gasteiger partial charge in [-0.15, -0.1) is 0 Å². The third-order valence-corrected chi connectivity index (χ3v) is 2.75. The average molecular weight is 168 g/mol. The van der Waals surface area contributed by atoms with E-state index >= 15 is 0 Å². The second-order valence-corrected chi connectivity index (χ2v) is 3.64. The Kier molecular flexibility index (Phi) is 2.55. The fourth-order valence-electron chi connectivity index (χ4n) is 1.75. The summed E-state index contributed by atoms with van der Waals surface area (Å²) in [7, 11) is 0. The topological polar surface area (TPSA) is 37.3 Å². The summed E-state index contributed by atoms with van der Waals surface area (Å²) in [5.74, 6) is 0.510. The van der Waals surface area contributed by atoms with Crippen LogP contribution in [0.3, 0.4) is 0 Å². The number of carboxylic acid groups (broad SMARTS) is 1. The van der Waals surface area contributed by atoms with Crippen molar-refractivity contribution in [2.75, 3.05) is 0 Å². The lowest BCUT2D eigenvalue weighted by molar-refractivity contribution is -0.132. The molecule has 1 aliphatic rings. The molecular formula is C10H16O2. The van der Waals surface area contributed by atoms with Gasteiger partial charge in [0.05, 0.1) is 0 Å². The molecule has 0 amide bonds. The number of carbonyl (C=O) groups is 1. The molecule has 68 valence electrons. The molecule has 0 radical (unpaired) electrons. The van der Waals surface area contributed by atoms with Gasteiger partial charge in [-0.1, -0.05) is 19.4 Å². The largest absolute Gasteiger partial charge is 0.478 e. The molecule has 0 aromatic heterocycles. The number of rotatable bonds is 3. The molecule has 0 bridgehead atoms. The van der Waals surface area contributed by atoms with Crippen molar-refractivity contribution in [1.82, 2.24) is 0 Å². The fraction of sp³-hybridized carbons (Fsp3) is 0.700. The van der Waals surface area contributed by atoms with Gasteiger partial charge in [0, 0.05) is 5.57 Å². The van der Waals surface area contributed by atoms with Crippen molar-refractivity contribution in [1.29, 1.82) is 0 Å². The Morgan fingerprint density at radius 1 is 1.58 bits per heavy atom. The van der Waals surface area contributed by atoms with Crippen LogP contribution in [0.2, 0.25) is 0 Å². The van der Waals surface area contributed by atoms with Gasteiger partial charge in [0.15, 0.2) is 0 Å². The molecule has 2 heteroatoms. The average Bonchev–Trinajstić information content (AvgIpc) is 2.67. The predicted octanol–water partition coefficient (Wildman–Crippen LogP) is 2.45. The zero-order valence-corrected chi connectivity index (χ0v) is 7.92. The number of allylic oxidation sites excluding steroid dienone is 1. The maximum Gasteiger partial charge on any atom is 0.331 e. The Morgan fingerprint density at radius 3 is 2.33 bits per heavy atom. The number of carboxylic acids is 1. The van der Waals surface area contributed by atoms with Crippen LogP contribution in [-0.2, 0) is 4.79 Å². The van der Waals surface area contributed by atoms with Crippen LogP contribution in [0.15, 0.2) is 11.1 Å². The molecule has 1 fully saturated rings. The van der Waals surface area contributed by atoms with E-state index in [2.05, 4.69) is 6.92 Å². The highest BCUT2D eigenvalue weighted by Gasteiger charge is 2.35. The molecule has 0 aliphatic heterocycles. The van der Waals surface area contributed by atoms with Crippen molar-refractivity contribution < 1.29 is 9.90 Å². The second kappa shape index (κ2) is 3.30. The van der Waals surface area contributed by atoms with Gasteiger partial charge in [0.2, 0.25) is 0 Å². The van der Waals surface area contributed by atoms with Gasteiger partial charge in [-0.3, -0.25) is 0 Å². The maximum absolute atomic E-state index is 10.8. The van der Waals surface area contributed by atoms with Crippen molar-refractivity contribution in [2.24, 2.45) is 11.8 Å². The minimum absolute atomic E-state index is 0.552. The lowest BCUT2D eigenvalue weighted by Gasteiger charge is -2.04. The summed E-state index contributed by atoms with van der Waals surface area (Å²) in [6, 6.07) is 0. The monoisotopic (exact) mass is 168 g/mol. The Labute approximate surface area is 73.3 Å². The van der Waals surface area contributed by atoms with Crippen molar-refractivity contribution in [3.05, 3.63) is 11.1 Å². The van der Waals surface area contributed by atoms with Crippen molar-refractivity contribution in [3.63, 3.8) is 0 Å². The lowest BCUT2D eigenvalue weighted by atomic mass is 10.0. The van der Waals surface area contributed by atoms with Gasteiger partial charge in [-0.2, -0.15) is 0 Å². The van der Waals surface area contributed by atoms with Crippen molar-refractivity contribution in [3.8, 4) is 0 Å². The van der Waals surface area contributed by atoms with Crippen LogP contribution in [0.25, 0.3) is 0 Å². The SMILES string of the molecule is CC/C(C(=O)O)=C(/C)C1CC1C. The van der Waals surface area contributed by atoms with E-state index < -0.39 is 5.97 Å². The highest BCUT2D eigenvalue weighted by atomic mass is 16.4. The first kappa shape index (κ1) is 9.30. The maximum atomic E-state index is 10.8. The van der Waals surface area contributed by atoms with Gasteiger partial charge >= 0.3 is 5.97 Å². The molecule has 0 saturated heterocycles. The lowest BCUT2D eigenvalue weighted by Crippen LogP contribution is -2.03. The molecule has 1 rings (SSSR count). The molecule has 0 aromatic rings. The van der Waals surface area contributed by atoms with E-state index in [4.69, 9.17) is 5.11 Å². The molecule has 0 spiro atoms. The fourth-order valence-corrected chi connectivity index (χ4v) is 1.75. The minimum Gasteiger partial charge on any atom is -0.478 e. The Bertz CT molecular complexity index is 228. The first-order chi connectivity index (χ1) is 5.57. The van der Waals surface area contributed by atoms with Gasteiger partial charge in [0.1, 0.15) is 0 Å². The smallest absolute Gasteiger partial charge is 0.331 e. The Hall–Kier alpha value is -0.790. The molecule has 0 heterocycles. The molecule has 1 saturated carbocycles. The quantitative estimate of drug-likeness (QED) is 0.657. The van der Waals surface area contributed by atoms with Crippen LogP contribution in [0, 0.1) is 11.8 Å². The first-order valence-corrected chi connectivity index (χ1v) is 4.50. The standard InChI is InChI=1S/C10H16O2/c1-4-8(10(11)12)7(3)9-5-6(9)2/h6,9H,4-5H2,1-3H3,(H,11,12)/b8-7+.